The minimum atomic E-state index is -0.416. The molecule has 0 aromatic rings. The zero-order valence-electron chi connectivity index (χ0n) is 14.3. The fraction of sp³-hybridized carbons (Fsp3) is 0.938. The van der Waals surface area contributed by atoms with Crippen molar-refractivity contribution in [1.29, 1.82) is 5.26 Å². The highest BCUT2D eigenvalue weighted by Gasteiger charge is 2.21. The summed E-state index contributed by atoms with van der Waals surface area (Å²) < 4.78 is 10.9. The lowest BCUT2D eigenvalue weighted by atomic mass is 9.97. The molecule has 0 amide bonds. The van der Waals surface area contributed by atoms with Crippen LogP contribution in [0.25, 0.3) is 0 Å². The molecular weight excluding hydrogens is 266 g/mol. The van der Waals surface area contributed by atoms with Crippen LogP contribution >= 0.6 is 0 Å². The van der Waals surface area contributed by atoms with Gasteiger partial charge in [0.25, 0.3) is 0 Å². The van der Waals surface area contributed by atoms with E-state index in [1.807, 2.05) is 27.7 Å². The standard InChI is InChI=1S/C16H33N3O2/c1-5-18-16(4,15-17)9-8-10-19(11-13-20-6-2)12-14-21-7-3/h18H,5-14H2,1-4H3. The summed E-state index contributed by atoms with van der Waals surface area (Å²) in [5.74, 6) is 0. The largest absolute Gasteiger partial charge is 0.380 e. The van der Waals surface area contributed by atoms with Gasteiger partial charge in [0.1, 0.15) is 5.54 Å². The van der Waals surface area contributed by atoms with Crippen LogP contribution in [0.5, 0.6) is 0 Å². The van der Waals surface area contributed by atoms with Gasteiger partial charge in [-0.25, -0.2) is 0 Å². The molecule has 0 saturated carbocycles. The molecule has 0 aliphatic rings. The Morgan fingerprint density at radius 1 is 1.05 bits per heavy atom. The summed E-state index contributed by atoms with van der Waals surface area (Å²) in [6.45, 7) is 14.7. The molecule has 124 valence electrons. The summed E-state index contributed by atoms with van der Waals surface area (Å²) in [5.41, 5.74) is -0.416. The van der Waals surface area contributed by atoms with Crippen molar-refractivity contribution in [3.63, 3.8) is 0 Å². The maximum Gasteiger partial charge on any atom is 0.103 e. The maximum absolute atomic E-state index is 9.26. The molecule has 0 saturated heterocycles. The predicted molar refractivity (Wildman–Crippen MR) is 86.4 cm³/mol. The Balaban J connectivity index is 4.10. The summed E-state index contributed by atoms with van der Waals surface area (Å²) >= 11 is 0. The van der Waals surface area contributed by atoms with E-state index in [1.165, 1.54) is 0 Å². The molecule has 1 N–H and O–H groups in total. The molecular formula is C16H33N3O2. The van der Waals surface area contributed by atoms with Gasteiger partial charge in [-0.3, -0.25) is 10.2 Å². The van der Waals surface area contributed by atoms with Crippen molar-refractivity contribution in [3.05, 3.63) is 0 Å². The second-order valence-corrected chi connectivity index (χ2v) is 5.31. The van der Waals surface area contributed by atoms with E-state index < -0.39 is 5.54 Å². The van der Waals surface area contributed by atoms with E-state index >= 15 is 0 Å². The summed E-state index contributed by atoms with van der Waals surface area (Å²) in [7, 11) is 0. The number of nitrogens with one attached hydrogen (secondary N) is 1. The zero-order chi connectivity index (χ0) is 16.0. The van der Waals surface area contributed by atoms with Crippen molar-refractivity contribution < 1.29 is 9.47 Å². The first-order chi connectivity index (χ1) is 10.1. The van der Waals surface area contributed by atoms with Crippen LogP contribution < -0.4 is 5.32 Å². The maximum atomic E-state index is 9.26. The predicted octanol–water partition coefficient (Wildman–Crippen LogP) is 2.03. The third-order valence-corrected chi connectivity index (χ3v) is 3.48. The number of hydrogen-bond acceptors (Lipinski definition) is 5. The fourth-order valence-corrected chi connectivity index (χ4v) is 2.24. The monoisotopic (exact) mass is 299 g/mol. The molecule has 5 heteroatoms. The van der Waals surface area contributed by atoms with Gasteiger partial charge in [-0.1, -0.05) is 6.92 Å². The Kier molecular flexibility index (Phi) is 12.6. The third-order valence-electron chi connectivity index (χ3n) is 3.48. The number of nitriles is 1. The molecule has 0 heterocycles. The second kappa shape index (κ2) is 13.0. The number of rotatable bonds is 14. The van der Waals surface area contributed by atoms with Crippen LogP contribution in [-0.2, 0) is 9.47 Å². The van der Waals surface area contributed by atoms with E-state index in [1.54, 1.807) is 0 Å². The molecule has 0 aliphatic heterocycles. The van der Waals surface area contributed by atoms with Gasteiger partial charge in [0.05, 0.1) is 19.3 Å². The van der Waals surface area contributed by atoms with Gasteiger partial charge in [0.15, 0.2) is 0 Å². The van der Waals surface area contributed by atoms with Gasteiger partial charge < -0.3 is 9.47 Å². The van der Waals surface area contributed by atoms with Crippen molar-refractivity contribution in [2.75, 3.05) is 52.6 Å². The highest BCUT2D eigenvalue weighted by molar-refractivity contribution is 5.03. The summed E-state index contributed by atoms with van der Waals surface area (Å²) in [5, 5.41) is 12.5. The Labute approximate surface area is 130 Å². The highest BCUT2D eigenvalue weighted by Crippen LogP contribution is 2.11. The number of hydrogen-bond donors (Lipinski definition) is 1. The smallest absolute Gasteiger partial charge is 0.103 e. The van der Waals surface area contributed by atoms with Gasteiger partial charge in [-0.15, -0.1) is 0 Å². The highest BCUT2D eigenvalue weighted by atomic mass is 16.5. The Morgan fingerprint density at radius 2 is 1.62 bits per heavy atom. The topological polar surface area (TPSA) is 57.5 Å². The van der Waals surface area contributed by atoms with Crippen molar-refractivity contribution >= 4 is 0 Å². The van der Waals surface area contributed by atoms with Crippen LogP contribution in [0.4, 0.5) is 0 Å². The first-order valence-electron chi connectivity index (χ1n) is 8.16. The van der Waals surface area contributed by atoms with Crippen molar-refractivity contribution in [2.24, 2.45) is 0 Å². The zero-order valence-corrected chi connectivity index (χ0v) is 14.3. The summed E-state index contributed by atoms with van der Waals surface area (Å²) in [6.07, 6.45) is 1.85. The van der Waals surface area contributed by atoms with E-state index in [9.17, 15) is 5.26 Å². The molecule has 0 fully saturated rings. The lowest BCUT2D eigenvalue weighted by molar-refractivity contribution is 0.0815. The van der Waals surface area contributed by atoms with E-state index in [2.05, 4.69) is 16.3 Å². The average Bonchev–Trinajstić information content (AvgIpc) is 2.47. The van der Waals surface area contributed by atoms with E-state index in [-0.39, 0.29) is 0 Å². The molecule has 21 heavy (non-hydrogen) atoms. The molecule has 5 nitrogen and oxygen atoms in total. The van der Waals surface area contributed by atoms with Gasteiger partial charge in [0.2, 0.25) is 0 Å². The number of nitrogens with zero attached hydrogens (tertiary/aromatic N) is 2. The van der Waals surface area contributed by atoms with Crippen LogP contribution in [-0.4, -0.2) is 63.0 Å². The second-order valence-electron chi connectivity index (χ2n) is 5.31. The lowest BCUT2D eigenvalue weighted by Crippen LogP contribution is -2.41. The number of ether oxygens (including phenoxy) is 2. The van der Waals surface area contributed by atoms with Gasteiger partial charge in [-0.05, 0) is 46.7 Å². The van der Waals surface area contributed by atoms with Crippen molar-refractivity contribution in [2.45, 2.75) is 46.1 Å². The molecule has 1 unspecified atom stereocenters. The molecule has 0 spiro atoms. The van der Waals surface area contributed by atoms with E-state index in [0.717, 1.165) is 65.4 Å². The Morgan fingerprint density at radius 3 is 2.05 bits per heavy atom. The molecule has 0 bridgehead atoms. The molecule has 0 aromatic heterocycles. The SMILES string of the molecule is CCNC(C)(C#N)CCCN(CCOCC)CCOCC. The van der Waals surface area contributed by atoms with Gasteiger partial charge in [-0.2, -0.15) is 5.26 Å². The molecule has 0 rings (SSSR count). The normalized spacial score (nSPS) is 14.1. The Bertz CT molecular complexity index is 271. The van der Waals surface area contributed by atoms with E-state index in [4.69, 9.17) is 9.47 Å². The van der Waals surface area contributed by atoms with Crippen molar-refractivity contribution in [1.82, 2.24) is 10.2 Å². The lowest BCUT2D eigenvalue weighted by Gasteiger charge is -2.26. The summed E-state index contributed by atoms with van der Waals surface area (Å²) in [6, 6.07) is 2.38. The van der Waals surface area contributed by atoms with E-state index in [0.29, 0.717) is 0 Å². The quantitative estimate of drug-likeness (QED) is 0.497. The molecule has 0 aliphatic carbocycles. The van der Waals surface area contributed by atoms with Crippen molar-refractivity contribution in [3.8, 4) is 6.07 Å². The van der Waals surface area contributed by atoms with Crippen LogP contribution in [0.1, 0.15) is 40.5 Å². The first-order valence-corrected chi connectivity index (χ1v) is 8.16. The third kappa shape index (κ3) is 10.7. The van der Waals surface area contributed by atoms with Gasteiger partial charge in [0, 0.05) is 26.3 Å². The minimum absolute atomic E-state index is 0.416. The van der Waals surface area contributed by atoms with Gasteiger partial charge >= 0.3 is 0 Å². The molecule has 1 atom stereocenters. The van der Waals surface area contributed by atoms with Crippen LogP contribution in [0.2, 0.25) is 0 Å². The minimum Gasteiger partial charge on any atom is -0.380 e. The van der Waals surface area contributed by atoms with Crippen LogP contribution in [0, 0.1) is 11.3 Å². The summed E-state index contributed by atoms with van der Waals surface area (Å²) in [4.78, 5) is 2.36. The van der Waals surface area contributed by atoms with Crippen LogP contribution in [0.15, 0.2) is 0 Å². The molecule has 0 aromatic carbocycles. The van der Waals surface area contributed by atoms with Crippen LogP contribution in [0.3, 0.4) is 0 Å². The fourth-order valence-electron chi connectivity index (χ4n) is 2.24. The first kappa shape index (κ1) is 20.3. The Hall–Kier alpha value is -0.670. The average molecular weight is 299 g/mol. The molecule has 0 radical (unpaired) electrons.